The molecule has 0 aliphatic carbocycles. The van der Waals surface area contributed by atoms with Crippen LogP contribution in [0.5, 0.6) is 0 Å². The van der Waals surface area contributed by atoms with Crippen molar-refractivity contribution in [2.45, 2.75) is 147 Å². The standard InChI is InChI=1S/C23H48O4S/c1-3-5-6-7-8-9-10-11-12-13-14-15-19-22(24)20-16-17-21-23(18-4-2)28(25,26)27/h22-24H,3-21H2,1-2H3,(H,25,26,27). The van der Waals surface area contributed by atoms with Crippen molar-refractivity contribution >= 4 is 10.1 Å². The van der Waals surface area contributed by atoms with E-state index in [0.29, 0.717) is 12.8 Å². The number of unbranched alkanes of at least 4 members (excludes halogenated alkanes) is 12. The molecule has 2 N–H and O–H groups in total. The highest BCUT2D eigenvalue weighted by atomic mass is 32.2. The lowest BCUT2D eigenvalue weighted by Crippen LogP contribution is -2.20. The second-order valence-corrected chi connectivity index (χ2v) is 10.2. The van der Waals surface area contributed by atoms with E-state index in [1.165, 1.54) is 70.6 Å². The molecule has 0 aliphatic rings. The van der Waals surface area contributed by atoms with Crippen molar-refractivity contribution in [2.75, 3.05) is 0 Å². The largest absolute Gasteiger partial charge is 0.393 e. The van der Waals surface area contributed by atoms with E-state index >= 15 is 0 Å². The summed E-state index contributed by atoms with van der Waals surface area (Å²) in [6.07, 6.45) is 20.6. The van der Waals surface area contributed by atoms with Gasteiger partial charge in [-0.3, -0.25) is 4.55 Å². The molecule has 0 saturated heterocycles. The molecule has 170 valence electrons. The van der Waals surface area contributed by atoms with Crippen LogP contribution in [0.1, 0.15) is 136 Å². The number of aliphatic hydroxyl groups is 1. The maximum atomic E-state index is 11.3. The van der Waals surface area contributed by atoms with Crippen LogP contribution in [0.15, 0.2) is 0 Å². The minimum Gasteiger partial charge on any atom is -0.393 e. The Labute approximate surface area is 175 Å². The van der Waals surface area contributed by atoms with Gasteiger partial charge >= 0.3 is 0 Å². The van der Waals surface area contributed by atoms with Crippen molar-refractivity contribution < 1.29 is 18.1 Å². The van der Waals surface area contributed by atoms with E-state index < -0.39 is 15.4 Å². The number of hydrogen-bond donors (Lipinski definition) is 2. The molecular formula is C23H48O4S. The van der Waals surface area contributed by atoms with E-state index in [0.717, 1.165) is 38.5 Å². The zero-order valence-corrected chi connectivity index (χ0v) is 19.5. The molecule has 0 radical (unpaired) electrons. The Hall–Kier alpha value is -0.130. The lowest BCUT2D eigenvalue weighted by Gasteiger charge is -2.14. The van der Waals surface area contributed by atoms with Crippen LogP contribution in [-0.4, -0.2) is 29.4 Å². The van der Waals surface area contributed by atoms with Gasteiger partial charge in [0.25, 0.3) is 10.1 Å². The number of aliphatic hydroxyl groups excluding tert-OH is 1. The van der Waals surface area contributed by atoms with E-state index in [1.807, 2.05) is 6.92 Å². The van der Waals surface area contributed by atoms with Crippen LogP contribution in [0, 0.1) is 0 Å². The molecule has 4 nitrogen and oxygen atoms in total. The minimum atomic E-state index is -3.93. The second-order valence-electron chi connectivity index (χ2n) is 8.54. The summed E-state index contributed by atoms with van der Waals surface area (Å²) < 4.78 is 31.8. The third-order valence-corrected chi connectivity index (χ3v) is 7.05. The van der Waals surface area contributed by atoms with E-state index in [4.69, 9.17) is 0 Å². The molecule has 0 rings (SSSR count). The Kier molecular flexibility index (Phi) is 18.8. The van der Waals surface area contributed by atoms with Crippen molar-refractivity contribution in [3.05, 3.63) is 0 Å². The van der Waals surface area contributed by atoms with E-state index in [9.17, 15) is 18.1 Å². The summed E-state index contributed by atoms with van der Waals surface area (Å²) in [5.41, 5.74) is 0. The molecule has 28 heavy (non-hydrogen) atoms. The summed E-state index contributed by atoms with van der Waals surface area (Å²) in [5, 5.41) is 9.44. The Balaban J connectivity index is 3.45. The van der Waals surface area contributed by atoms with Crippen molar-refractivity contribution in [3.63, 3.8) is 0 Å². The molecule has 0 aliphatic heterocycles. The van der Waals surface area contributed by atoms with Gasteiger partial charge in [0.1, 0.15) is 0 Å². The molecule has 2 unspecified atom stereocenters. The Morgan fingerprint density at radius 2 is 0.964 bits per heavy atom. The maximum absolute atomic E-state index is 11.3. The highest BCUT2D eigenvalue weighted by Crippen LogP contribution is 2.18. The fraction of sp³-hybridized carbons (Fsp3) is 1.00. The molecule has 0 saturated carbocycles. The molecule has 0 spiro atoms. The van der Waals surface area contributed by atoms with E-state index in [2.05, 4.69) is 6.92 Å². The van der Waals surface area contributed by atoms with Gasteiger partial charge in [-0.2, -0.15) is 8.42 Å². The summed E-state index contributed by atoms with van der Waals surface area (Å²) in [4.78, 5) is 0. The predicted molar refractivity (Wildman–Crippen MR) is 120 cm³/mol. The molecule has 0 aromatic rings. The first-order valence-corrected chi connectivity index (χ1v) is 13.6. The summed E-state index contributed by atoms with van der Waals surface area (Å²) >= 11 is 0. The molecule has 0 amide bonds. The first-order valence-electron chi connectivity index (χ1n) is 12.1. The third kappa shape index (κ3) is 17.9. The summed E-state index contributed by atoms with van der Waals surface area (Å²) in [5.74, 6) is 0. The maximum Gasteiger partial charge on any atom is 0.267 e. The smallest absolute Gasteiger partial charge is 0.267 e. The van der Waals surface area contributed by atoms with Gasteiger partial charge in [0.15, 0.2) is 0 Å². The molecule has 0 aromatic heterocycles. The first kappa shape index (κ1) is 27.9. The Morgan fingerprint density at radius 1 is 0.571 bits per heavy atom. The van der Waals surface area contributed by atoms with Gasteiger partial charge in [0.05, 0.1) is 11.4 Å². The van der Waals surface area contributed by atoms with Crippen LogP contribution in [-0.2, 0) is 10.1 Å². The second kappa shape index (κ2) is 18.9. The summed E-state index contributed by atoms with van der Waals surface area (Å²) in [6.45, 7) is 4.19. The summed E-state index contributed by atoms with van der Waals surface area (Å²) in [7, 11) is -3.93. The van der Waals surface area contributed by atoms with Crippen LogP contribution in [0.4, 0.5) is 0 Å². The molecular weight excluding hydrogens is 372 g/mol. The number of hydrogen-bond acceptors (Lipinski definition) is 3. The number of rotatable bonds is 21. The van der Waals surface area contributed by atoms with Gasteiger partial charge in [0, 0.05) is 0 Å². The zero-order chi connectivity index (χ0) is 21.1. The molecule has 5 heteroatoms. The molecule has 2 atom stereocenters. The molecule has 0 aromatic carbocycles. The van der Waals surface area contributed by atoms with Crippen molar-refractivity contribution in [2.24, 2.45) is 0 Å². The lowest BCUT2D eigenvalue weighted by atomic mass is 10.0. The SMILES string of the molecule is CCCCCCCCCCCCCCC(O)CCCCC(CCC)S(=O)(=O)O. The van der Waals surface area contributed by atoms with Gasteiger partial charge in [-0.05, 0) is 25.7 Å². The molecule has 0 fully saturated rings. The summed E-state index contributed by atoms with van der Waals surface area (Å²) in [6, 6.07) is 0. The van der Waals surface area contributed by atoms with Crippen molar-refractivity contribution in [1.29, 1.82) is 0 Å². The van der Waals surface area contributed by atoms with Crippen molar-refractivity contribution in [1.82, 2.24) is 0 Å². The quantitative estimate of drug-likeness (QED) is 0.154. The van der Waals surface area contributed by atoms with E-state index in [-0.39, 0.29) is 6.10 Å². The van der Waals surface area contributed by atoms with Crippen LogP contribution in [0.2, 0.25) is 0 Å². The third-order valence-electron chi connectivity index (χ3n) is 5.74. The van der Waals surface area contributed by atoms with Crippen LogP contribution in [0.25, 0.3) is 0 Å². The lowest BCUT2D eigenvalue weighted by molar-refractivity contribution is 0.147. The van der Waals surface area contributed by atoms with Crippen LogP contribution >= 0.6 is 0 Å². The van der Waals surface area contributed by atoms with Gasteiger partial charge in [-0.1, -0.05) is 110 Å². The van der Waals surface area contributed by atoms with Gasteiger partial charge < -0.3 is 5.11 Å². The monoisotopic (exact) mass is 420 g/mol. The van der Waals surface area contributed by atoms with Crippen LogP contribution < -0.4 is 0 Å². The zero-order valence-electron chi connectivity index (χ0n) is 18.7. The molecule has 0 bridgehead atoms. The minimum absolute atomic E-state index is 0.265. The van der Waals surface area contributed by atoms with Crippen LogP contribution in [0.3, 0.4) is 0 Å². The van der Waals surface area contributed by atoms with E-state index in [1.54, 1.807) is 0 Å². The van der Waals surface area contributed by atoms with Gasteiger partial charge in [0.2, 0.25) is 0 Å². The fourth-order valence-corrected chi connectivity index (χ4v) is 4.88. The molecule has 0 heterocycles. The predicted octanol–water partition coefficient (Wildman–Crippen LogP) is 7.06. The van der Waals surface area contributed by atoms with Crippen molar-refractivity contribution in [3.8, 4) is 0 Å². The average Bonchev–Trinajstić information content (AvgIpc) is 2.64. The van der Waals surface area contributed by atoms with Gasteiger partial charge in [-0.25, -0.2) is 0 Å². The Morgan fingerprint density at radius 3 is 1.39 bits per heavy atom. The highest BCUT2D eigenvalue weighted by molar-refractivity contribution is 7.86. The fourth-order valence-electron chi connectivity index (χ4n) is 3.88. The first-order chi connectivity index (χ1) is 13.4. The Bertz CT molecular complexity index is 422. The normalized spacial score (nSPS) is 14.3. The topological polar surface area (TPSA) is 74.6 Å². The highest BCUT2D eigenvalue weighted by Gasteiger charge is 2.21. The average molecular weight is 421 g/mol. The van der Waals surface area contributed by atoms with Gasteiger partial charge in [-0.15, -0.1) is 0 Å².